The van der Waals surface area contributed by atoms with E-state index in [9.17, 15) is 20.1 Å². The molecule has 0 bridgehead atoms. The molecular weight excluding hydrogens is 568 g/mol. The van der Waals surface area contributed by atoms with E-state index in [1.54, 1.807) is 13.8 Å². The second kappa shape index (κ2) is 13.1. The van der Waals surface area contributed by atoms with E-state index in [2.05, 4.69) is 25.6 Å². The number of hydrogen-bond acceptors (Lipinski definition) is 12. The fourth-order valence-electron chi connectivity index (χ4n) is 4.90. The average Bonchev–Trinajstić information content (AvgIpc) is 3.52. The third kappa shape index (κ3) is 6.59. The number of hydrogen-bond donors (Lipinski definition) is 7. The van der Waals surface area contributed by atoms with Gasteiger partial charge in [-0.1, -0.05) is 36.4 Å². The number of nitrogens with two attached hydrogens (primary N) is 2. The number of nitrogens with zero attached hydrogens (tertiary/aromatic N) is 4. The number of carbonyl (C=O) groups is 1. The van der Waals surface area contributed by atoms with Crippen LogP contribution in [0, 0.1) is 0 Å². The summed E-state index contributed by atoms with van der Waals surface area (Å²) in [6.07, 6.45) is -2.64. The third-order valence-corrected chi connectivity index (χ3v) is 7.62. The van der Waals surface area contributed by atoms with Gasteiger partial charge in [-0.05, 0) is 55.6 Å². The zero-order valence-electron chi connectivity index (χ0n) is 24.6. The summed E-state index contributed by atoms with van der Waals surface area (Å²) in [5.41, 5.74) is 14.2. The monoisotopic (exact) mass is 606 g/mol. The summed E-state index contributed by atoms with van der Waals surface area (Å²) in [6, 6.07) is 15.8. The van der Waals surface area contributed by atoms with Gasteiger partial charge in [0.1, 0.15) is 30.4 Å². The molecule has 1 aliphatic rings. The Balaban J connectivity index is 1.24. The van der Waals surface area contributed by atoms with Crippen molar-refractivity contribution in [2.45, 2.75) is 56.9 Å². The van der Waals surface area contributed by atoms with Crippen molar-refractivity contribution in [3.8, 4) is 16.9 Å². The molecule has 5 rings (SSSR count). The van der Waals surface area contributed by atoms with E-state index in [4.69, 9.17) is 20.9 Å². The Hall–Kier alpha value is -4.34. The number of nitrogen functional groups attached to an aromatic ring is 1. The predicted molar refractivity (Wildman–Crippen MR) is 163 cm³/mol. The molecule has 234 valence electrons. The Morgan fingerprint density at radius 2 is 1.89 bits per heavy atom. The fourth-order valence-corrected chi connectivity index (χ4v) is 4.90. The summed E-state index contributed by atoms with van der Waals surface area (Å²) in [5.74, 6) is 0.810. The highest BCUT2D eigenvalue weighted by molar-refractivity contribution is 5.84. The molecule has 1 amide bonds. The first-order chi connectivity index (χ1) is 21.1. The molecule has 1 aliphatic heterocycles. The number of carbonyl (C=O) groups excluding carboxylic acids is 1. The number of rotatable bonds is 13. The molecule has 44 heavy (non-hydrogen) atoms. The van der Waals surface area contributed by atoms with Crippen molar-refractivity contribution in [3.05, 3.63) is 60.4 Å². The number of imidazole rings is 1. The molecule has 3 heterocycles. The number of aliphatic hydroxyl groups excluding tert-OH is 3. The molecule has 0 unspecified atom stereocenters. The molecule has 14 nitrogen and oxygen atoms in total. The van der Waals surface area contributed by atoms with Crippen molar-refractivity contribution in [1.82, 2.24) is 24.8 Å². The number of primary amides is 1. The SMILES string of the molecule is CC(C)(NCCCOc1cccc(-c2ccc(CNc3nc4c(N)ncnc4n3[C@@H]3O[C@H](CO)[C@@H](O)[C@H]3O)cc2)c1)C(N)=O. The first-order valence-electron chi connectivity index (χ1n) is 14.3. The molecule has 0 aliphatic carbocycles. The van der Waals surface area contributed by atoms with Crippen LogP contribution >= 0.6 is 0 Å². The molecule has 4 aromatic rings. The van der Waals surface area contributed by atoms with Crippen LogP contribution in [0.25, 0.3) is 22.3 Å². The van der Waals surface area contributed by atoms with Crippen LogP contribution in [0.1, 0.15) is 32.1 Å². The van der Waals surface area contributed by atoms with Crippen LogP contribution in [-0.2, 0) is 16.1 Å². The van der Waals surface area contributed by atoms with Crippen LogP contribution in [0.2, 0.25) is 0 Å². The quantitative estimate of drug-likeness (QED) is 0.106. The van der Waals surface area contributed by atoms with Crippen LogP contribution in [0.4, 0.5) is 11.8 Å². The van der Waals surface area contributed by atoms with Gasteiger partial charge in [0.2, 0.25) is 11.9 Å². The van der Waals surface area contributed by atoms with Gasteiger partial charge in [-0.3, -0.25) is 9.36 Å². The molecule has 0 radical (unpaired) electrons. The molecule has 14 heteroatoms. The first-order valence-corrected chi connectivity index (χ1v) is 14.3. The molecule has 2 aromatic heterocycles. The maximum Gasteiger partial charge on any atom is 0.237 e. The Kier molecular flexibility index (Phi) is 9.27. The summed E-state index contributed by atoms with van der Waals surface area (Å²) in [7, 11) is 0. The Bertz CT molecular complexity index is 1590. The highest BCUT2D eigenvalue weighted by Gasteiger charge is 2.45. The van der Waals surface area contributed by atoms with Gasteiger partial charge in [-0.25, -0.2) is 15.0 Å². The number of fused-ring (bicyclic) bond motifs is 1. The first kappa shape index (κ1) is 31.1. The summed E-state index contributed by atoms with van der Waals surface area (Å²) in [6.45, 7) is 4.49. The lowest BCUT2D eigenvalue weighted by molar-refractivity contribution is -0.123. The van der Waals surface area contributed by atoms with Crippen LogP contribution in [0.15, 0.2) is 54.9 Å². The van der Waals surface area contributed by atoms with E-state index >= 15 is 0 Å². The lowest BCUT2D eigenvalue weighted by Crippen LogP contribution is -2.51. The summed E-state index contributed by atoms with van der Waals surface area (Å²) in [4.78, 5) is 24.2. The van der Waals surface area contributed by atoms with Gasteiger partial charge in [0.15, 0.2) is 23.2 Å². The molecule has 1 saturated heterocycles. The maximum atomic E-state index is 11.4. The molecule has 4 atom stereocenters. The number of aliphatic hydroxyl groups is 3. The fraction of sp³-hybridized carbons (Fsp3) is 0.400. The van der Waals surface area contributed by atoms with E-state index in [1.165, 1.54) is 10.9 Å². The number of aromatic nitrogens is 4. The second-order valence-electron chi connectivity index (χ2n) is 11.2. The number of benzene rings is 2. The number of anilines is 2. The van der Waals surface area contributed by atoms with E-state index in [0.717, 1.165) is 22.4 Å². The van der Waals surface area contributed by atoms with Gasteiger partial charge in [0, 0.05) is 6.54 Å². The molecular formula is C30H38N8O6. The molecule has 2 aromatic carbocycles. The van der Waals surface area contributed by atoms with Gasteiger partial charge >= 0.3 is 0 Å². The Morgan fingerprint density at radius 1 is 1.11 bits per heavy atom. The molecule has 9 N–H and O–H groups in total. The van der Waals surface area contributed by atoms with Gasteiger partial charge in [-0.2, -0.15) is 0 Å². The average molecular weight is 607 g/mol. The largest absolute Gasteiger partial charge is 0.494 e. The number of amides is 1. The van der Waals surface area contributed by atoms with Gasteiger partial charge < -0.3 is 46.9 Å². The lowest BCUT2D eigenvalue weighted by Gasteiger charge is -2.22. The highest BCUT2D eigenvalue weighted by atomic mass is 16.6. The van der Waals surface area contributed by atoms with E-state index < -0.39 is 42.6 Å². The maximum absolute atomic E-state index is 11.4. The minimum absolute atomic E-state index is 0.155. The second-order valence-corrected chi connectivity index (χ2v) is 11.2. The number of ether oxygens (including phenoxy) is 2. The third-order valence-electron chi connectivity index (χ3n) is 7.62. The summed E-state index contributed by atoms with van der Waals surface area (Å²) >= 11 is 0. The van der Waals surface area contributed by atoms with E-state index in [1.807, 2.05) is 48.5 Å². The van der Waals surface area contributed by atoms with Crippen molar-refractivity contribution >= 4 is 28.8 Å². The van der Waals surface area contributed by atoms with Crippen molar-refractivity contribution in [2.75, 3.05) is 30.8 Å². The van der Waals surface area contributed by atoms with Crippen LogP contribution in [-0.4, -0.2) is 84.4 Å². The van der Waals surface area contributed by atoms with Crippen molar-refractivity contribution in [2.24, 2.45) is 5.73 Å². The zero-order valence-corrected chi connectivity index (χ0v) is 24.6. The Labute approximate surface area is 254 Å². The van der Waals surface area contributed by atoms with Crippen LogP contribution in [0.3, 0.4) is 0 Å². The smallest absolute Gasteiger partial charge is 0.237 e. The summed E-state index contributed by atoms with van der Waals surface area (Å²) < 4.78 is 13.2. The number of nitrogens with one attached hydrogen (secondary N) is 2. The van der Waals surface area contributed by atoms with Crippen molar-refractivity contribution < 1.29 is 29.6 Å². The molecule has 1 fully saturated rings. The Morgan fingerprint density at radius 3 is 2.59 bits per heavy atom. The van der Waals surface area contributed by atoms with Crippen LogP contribution in [0.5, 0.6) is 5.75 Å². The lowest BCUT2D eigenvalue weighted by atomic mass is 10.0. The standard InChI is InChI=1S/C30H38N8O6/c1-30(2,28(32)42)36-11-4-12-43-20-6-3-5-19(13-20)18-9-7-17(8-10-18)14-33-29-37-22-25(31)34-16-35-26(22)38(29)27-24(41)23(40)21(15-39)44-27/h3,5-10,13,16,21,23-24,27,36,39-41H,4,11-12,14-15H2,1-2H3,(H2,32,42)(H,33,37)(H2,31,34,35)/t21-,23-,24-,27-/m1/s1. The van der Waals surface area contributed by atoms with Gasteiger partial charge in [0.25, 0.3) is 0 Å². The molecule has 0 saturated carbocycles. The van der Waals surface area contributed by atoms with Crippen LogP contribution < -0.4 is 26.8 Å². The molecule has 0 spiro atoms. The minimum atomic E-state index is -1.33. The highest BCUT2D eigenvalue weighted by Crippen LogP contribution is 2.35. The van der Waals surface area contributed by atoms with E-state index in [0.29, 0.717) is 43.2 Å². The predicted octanol–water partition coefficient (Wildman–Crippen LogP) is 0.922. The van der Waals surface area contributed by atoms with Gasteiger partial charge in [-0.15, -0.1) is 0 Å². The zero-order chi connectivity index (χ0) is 31.4. The van der Waals surface area contributed by atoms with Crippen molar-refractivity contribution in [1.29, 1.82) is 0 Å². The minimum Gasteiger partial charge on any atom is -0.494 e. The van der Waals surface area contributed by atoms with E-state index in [-0.39, 0.29) is 5.82 Å². The van der Waals surface area contributed by atoms with Gasteiger partial charge in [0.05, 0.1) is 18.8 Å². The normalized spacial score (nSPS) is 20.2. The topological polar surface area (TPSA) is 216 Å². The van der Waals surface area contributed by atoms with Crippen molar-refractivity contribution in [3.63, 3.8) is 0 Å². The summed E-state index contributed by atoms with van der Waals surface area (Å²) in [5, 5.41) is 36.9.